The van der Waals surface area contributed by atoms with Crippen LogP contribution >= 0.6 is 0 Å². The number of rotatable bonds is 2. The van der Waals surface area contributed by atoms with Gasteiger partial charge in [0, 0.05) is 11.4 Å². The maximum atomic E-state index is 6.07. The molecule has 3 aromatic rings. The van der Waals surface area contributed by atoms with E-state index in [-0.39, 0.29) is 12.0 Å². The van der Waals surface area contributed by atoms with Crippen molar-refractivity contribution in [2.45, 2.75) is 31.2 Å². The number of nitrogens with two attached hydrogens (primary N) is 1. The molecule has 20 heavy (non-hydrogen) atoms. The van der Waals surface area contributed by atoms with Gasteiger partial charge in [-0.1, -0.05) is 29.8 Å². The maximum absolute atomic E-state index is 6.07. The van der Waals surface area contributed by atoms with E-state index in [4.69, 9.17) is 14.7 Å². The van der Waals surface area contributed by atoms with Gasteiger partial charge in [-0.3, -0.25) is 0 Å². The summed E-state index contributed by atoms with van der Waals surface area (Å²) in [5.74, 6) is 1.94. The first-order chi connectivity index (χ1) is 9.81. The molecule has 2 heterocycles. The lowest BCUT2D eigenvalue weighted by Gasteiger charge is -2.08. The molecule has 0 aliphatic heterocycles. The van der Waals surface area contributed by atoms with E-state index in [1.54, 1.807) is 0 Å². The lowest BCUT2D eigenvalue weighted by Crippen LogP contribution is -2.22. The molecule has 5 nitrogen and oxygen atoms in total. The second kappa shape index (κ2) is 4.45. The number of para-hydroxylation sites is 1. The second-order valence-electron chi connectivity index (χ2n) is 5.31. The average Bonchev–Trinajstić information content (AvgIpc) is 3.15. The fourth-order valence-corrected chi connectivity index (χ4v) is 2.87. The maximum Gasteiger partial charge on any atom is 0.238 e. The standard InChI is InChI=1S/C15H15N3O2/c16-11-6-3-5-10(11)15-17-14(18-20-15)13-8-9-4-1-2-7-12(9)19-13/h1-2,4,7-8,10-11H,3,5-6,16H2. The van der Waals surface area contributed by atoms with Crippen LogP contribution in [0.3, 0.4) is 0 Å². The summed E-state index contributed by atoms with van der Waals surface area (Å²) in [4.78, 5) is 4.46. The third-order valence-corrected chi connectivity index (χ3v) is 3.97. The molecule has 0 amide bonds. The minimum Gasteiger partial charge on any atom is -0.453 e. The summed E-state index contributed by atoms with van der Waals surface area (Å²) in [6.07, 6.45) is 3.16. The molecule has 2 unspecified atom stereocenters. The number of hydrogen-bond donors (Lipinski definition) is 1. The zero-order valence-electron chi connectivity index (χ0n) is 11.0. The normalized spacial score (nSPS) is 22.6. The summed E-state index contributed by atoms with van der Waals surface area (Å²) >= 11 is 0. The summed E-state index contributed by atoms with van der Waals surface area (Å²) in [5.41, 5.74) is 6.89. The first-order valence-electron chi connectivity index (χ1n) is 6.89. The highest BCUT2D eigenvalue weighted by molar-refractivity contribution is 5.81. The fraction of sp³-hybridized carbons (Fsp3) is 0.333. The van der Waals surface area contributed by atoms with Crippen LogP contribution in [0.5, 0.6) is 0 Å². The van der Waals surface area contributed by atoms with E-state index in [1.165, 1.54) is 0 Å². The molecular weight excluding hydrogens is 254 g/mol. The zero-order chi connectivity index (χ0) is 13.5. The van der Waals surface area contributed by atoms with Crippen LogP contribution in [0.2, 0.25) is 0 Å². The van der Waals surface area contributed by atoms with Crippen LogP contribution in [-0.4, -0.2) is 16.2 Å². The van der Waals surface area contributed by atoms with Gasteiger partial charge in [-0.25, -0.2) is 0 Å². The molecule has 2 N–H and O–H groups in total. The second-order valence-corrected chi connectivity index (χ2v) is 5.31. The largest absolute Gasteiger partial charge is 0.453 e. The average molecular weight is 269 g/mol. The van der Waals surface area contributed by atoms with Gasteiger partial charge in [0.15, 0.2) is 5.76 Å². The molecule has 5 heteroatoms. The number of furan rings is 1. The number of nitrogens with zero attached hydrogens (tertiary/aromatic N) is 2. The van der Waals surface area contributed by atoms with E-state index in [9.17, 15) is 0 Å². The van der Waals surface area contributed by atoms with Gasteiger partial charge in [-0.15, -0.1) is 0 Å². The lowest BCUT2D eigenvalue weighted by atomic mass is 10.1. The fourth-order valence-electron chi connectivity index (χ4n) is 2.87. The molecule has 1 aliphatic carbocycles. The van der Waals surface area contributed by atoms with Crippen molar-refractivity contribution >= 4 is 11.0 Å². The van der Waals surface area contributed by atoms with Crippen LogP contribution in [0.1, 0.15) is 31.1 Å². The van der Waals surface area contributed by atoms with Gasteiger partial charge in [-0.05, 0) is 25.0 Å². The summed E-state index contributed by atoms with van der Waals surface area (Å²) in [6.45, 7) is 0. The van der Waals surface area contributed by atoms with Crippen LogP contribution in [0.25, 0.3) is 22.6 Å². The van der Waals surface area contributed by atoms with Gasteiger partial charge in [0.25, 0.3) is 0 Å². The summed E-state index contributed by atoms with van der Waals surface area (Å²) in [6, 6.07) is 9.89. The van der Waals surface area contributed by atoms with Crippen molar-refractivity contribution in [1.82, 2.24) is 10.1 Å². The lowest BCUT2D eigenvalue weighted by molar-refractivity contribution is 0.344. The van der Waals surface area contributed by atoms with Crippen LogP contribution in [0.15, 0.2) is 39.3 Å². The number of hydrogen-bond acceptors (Lipinski definition) is 5. The first-order valence-corrected chi connectivity index (χ1v) is 6.89. The predicted molar refractivity (Wildman–Crippen MR) is 74.1 cm³/mol. The Kier molecular flexibility index (Phi) is 2.60. The van der Waals surface area contributed by atoms with Crippen molar-refractivity contribution in [2.75, 3.05) is 0 Å². The Bertz CT molecular complexity index is 713. The summed E-state index contributed by atoms with van der Waals surface area (Å²) in [7, 11) is 0. The Morgan fingerprint density at radius 3 is 2.90 bits per heavy atom. The molecule has 0 bridgehead atoms. The van der Waals surface area contributed by atoms with Crippen molar-refractivity contribution < 1.29 is 8.94 Å². The Labute approximate surface area is 115 Å². The van der Waals surface area contributed by atoms with Crippen LogP contribution in [-0.2, 0) is 0 Å². The molecule has 2 atom stereocenters. The predicted octanol–water partition coefficient (Wildman–Crippen LogP) is 3.08. The molecule has 0 radical (unpaired) electrons. The Morgan fingerprint density at radius 2 is 2.10 bits per heavy atom. The van der Waals surface area contributed by atoms with Gasteiger partial charge in [0.05, 0.1) is 5.92 Å². The molecule has 1 fully saturated rings. The SMILES string of the molecule is NC1CCCC1c1nc(-c2cc3ccccc3o2)no1. The first kappa shape index (κ1) is 11.7. The Hall–Kier alpha value is -2.14. The van der Waals surface area contributed by atoms with E-state index in [1.807, 2.05) is 30.3 Å². The highest BCUT2D eigenvalue weighted by Gasteiger charge is 2.30. The molecule has 1 aromatic carbocycles. The molecule has 1 aliphatic rings. The molecule has 4 rings (SSSR count). The van der Waals surface area contributed by atoms with Crippen LogP contribution in [0.4, 0.5) is 0 Å². The van der Waals surface area contributed by atoms with E-state index in [0.717, 1.165) is 30.2 Å². The number of fused-ring (bicyclic) bond motifs is 1. The van der Waals surface area contributed by atoms with Gasteiger partial charge in [0.1, 0.15) is 5.58 Å². The topological polar surface area (TPSA) is 78.1 Å². The number of benzene rings is 1. The molecule has 1 saturated carbocycles. The van der Waals surface area contributed by atoms with Crippen molar-refractivity contribution in [2.24, 2.45) is 5.73 Å². The molecular formula is C15H15N3O2. The summed E-state index contributed by atoms with van der Waals surface area (Å²) < 4.78 is 11.1. The third kappa shape index (κ3) is 1.82. The summed E-state index contributed by atoms with van der Waals surface area (Å²) in [5, 5.41) is 5.06. The molecule has 2 aromatic heterocycles. The van der Waals surface area contributed by atoms with Crippen LogP contribution < -0.4 is 5.73 Å². The van der Waals surface area contributed by atoms with E-state index in [2.05, 4.69) is 10.1 Å². The zero-order valence-corrected chi connectivity index (χ0v) is 11.0. The van der Waals surface area contributed by atoms with E-state index >= 15 is 0 Å². The van der Waals surface area contributed by atoms with Crippen molar-refractivity contribution in [3.05, 3.63) is 36.2 Å². The minimum absolute atomic E-state index is 0.124. The van der Waals surface area contributed by atoms with Gasteiger partial charge >= 0.3 is 0 Å². The Morgan fingerprint density at radius 1 is 1.20 bits per heavy atom. The molecule has 102 valence electrons. The van der Waals surface area contributed by atoms with Crippen molar-refractivity contribution in [3.8, 4) is 11.6 Å². The highest BCUT2D eigenvalue weighted by Crippen LogP contribution is 2.34. The number of aromatic nitrogens is 2. The van der Waals surface area contributed by atoms with E-state index < -0.39 is 0 Å². The molecule has 0 spiro atoms. The van der Waals surface area contributed by atoms with Gasteiger partial charge in [-0.2, -0.15) is 4.98 Å². The Balaban J connectivity index is 1.70. The van der Waals surface area contributed by atoms with Crippen molar-refractivity contribution in [1.29, 1.82) is 0 Å². The van der Waals surface area contributed by atoms with Crippen molar-refractivity contribution in [3.63, 3.8) is 0 Å². The van der Waals surface area contributed by atoms with Gasteiger partial charge in [0.2, 0.25) is 11.7 Å². The minimum atomic E-state index is 0.124. The van der Waals surface area contributed by atoms with Crippen LogP contribution in [0, 0.1) is 0 Å². The van der Waals surface area contributed by atoms with Gasteiger partial charge < -0.3 is 14.7 Å². The monoisotopic (exact) mass is 269 g/mol. The smallest absolute Gasteiger partial charge is 0.238 e. The highest BCUT2D eigenvalue weighted by atomic mass is 16.5. The van der Waals surface area contributed by atoms with E-state index in [0.29, 0.717) is 17.5 Å². The quantitative estimate of drug-likeness (QED) is 0.773. The third-order valence-electron chi connectivity index (χ3n) is 3.97. The molecule has 0 saturated heterocycles.